The third-order valence-corrected chi connectivity index (χ3v) is 5.62. The van der Waals surface area contributed by atoms with Gasteiger partial charge in [-0.05, 0) is 54.2 Å². The first kappa shape index (κ1) is 16.2. The monoisotopic (exact) mass is 340 g/mol. The fraction of sp³-hybridized carbons (Fsp3) is 0.222. The van der Waals surface area contributed by atoms with Crippen molar-refractivity contribution in [2.45, 2.75) is 30.1 Å². The lowest BCUT2D eigenvalue weighted by Crippen LogP contribution is -2.31. The van der Waals surface area contributed by atoms with E-state index in [-0.39, 0.29) is 17.2 Å². The molecule has 0 radical (unpaired) electrons. The topological polar surface area (TPSA) is 87.0 Å². The summed E-state index contributed by atoms with van der Waals surface area (Å²) in [6, 6.07) is 15.3. The SMILES string of the molecule is N#Cc1ccc(S(=O)(=O)NC(=O)C[C@@H]2CCc3ccccc32)cc1. The zero-order chi connectivity index (χ0) is 17.2. The van der Waals surface area contributed by atoms with Crippen LogP contribution in [0.15, 0.2) is 53.4 Å². The van der Waals surface area contributed by atoms with Crippen LogP contribution < -0.4 is 4.72 Å². The molecule has 6 heteroatoms. The molecule has 5 nitrogen and oxygen atoms in total. The number of fused-ring (bicyclic) bond motifs is 1. The number of carbonyl (C=O) groups excluding carboxylic acids is 1. The van der Waals surface area contributed by atoms with Crippen molar-refractivity contribution in [3.05, 3.63) is 65.2 Å². The van der Waals surface area contributed by atoms with Gasteiger partial charge in [0.1, 0.15) is 0 Å². The van der Waals surface area contributed by atoms with Gasteiger partial charge in [0.2, 0.25) is 5.91 Å². The van der Waals surface area contributed by atoms with E-state index in [2.05, 4.69) is 4.72 Å². The maximum absolute atomic E-state index is 12.2. The van der Waals surface area contributed by atoms with Gasteiger partial charge in [-0.3, -0.25) is 4.79 Å². The van der Waals surface area contributed by atoms with Crippen LogP contribution in [-0.2, 0) is 21.2 Å². The van der Waals surface area contributed by atoms with Crippen LogP contribution in [0, 0.1) is 11.3 Å². The first-order chi connectivity index (χ1) is 11.5. The van der Waals surface area contributed by atoms with E-state index in [0.29, 0.717) is 5.56 Å². The van der Waals surface area contributed by atoms with Crippen molar-refractivity contribution in [3.63, 3.8) is 0 Å². The van der Waals surface area contributed by atoms with E-state index < -0.39 is 15.9 Å². The van der Waals surface area contributed by atoms with Crippen molar-refractivity contribution in [2.24, 2.45) is 0 Å². The molecule has 2 aromatic carbocycles. The summed E-state index contributed by atoms with van der Waals surface area (Å²) in [5.74, 6) is -0.460. The van der Waals surface area contributed by atoms with Gasteiger partial charge in [-0.1, -0.05) is 24.3 Å². The summed E-state index contributed by atoms with van der Waals surface area (Å²) < 4.78 is 26.6. The second kappa shape index (κ2) is 6.46. The smallest absolute Gasteiger partial charge is 0.264 e. The number of benzene rings is 2. The summed E-state index contributed by atoms with van der Waals surface area (Å²) in [4.78, 5) is 12.2. The summed E-state index contributed by atoms with van der Waals surface area (Å²) in [5.41, 5.74) is 2.72. The van der Waals surface area contributed by atoms with Crippen LogP contribution in [0.25, 0.3) is 0 Å². The zero-order valence-corrected chi connectivity index (χ0v) is 13.7. The van der Waals surface area contributed by atoms with Crippen LogP contribution in [0.3, 0.4) is 0 Å². The van der Waals surface area contributed by atoms with Gasteiger partial charge >= 0.3 is 0 Å². The van der Waals surface area contributed by atoms with E-state index in [1.807, 2.05) is 30.3 Å². The summed E-state index contributed by atoms with van der Waals surface area (Å²) in [6.45, 7) is 0. The number of amides is 1. The Morgan fingerprint density at radius 1 is 1.17 bits per heavy atom. The van der Waals surface area contributed by atoms with Gasteiger partial charge in [0.05, 0.1) is 16.5 Å². The lowest BCUT2D eigenvalue weighted by Gasteiger charge is -2.12. The van der Waals surface area contributed by atoms with Crippen molar-refractivity contribution in [1.82, 2.24) is 4.72 Å². The van der Waals surface area contributed by atoms with E-state index >= 15 is 0 Å². The van der Waals surface area contributed by atoms with Crippen LogP contribution in [-0.4, -0.2) is 14.3 Å². The van der Waals surface area contributed by atoms with Gasteiger partial charge in [-0.2, -0.15) is 5.26 Å². The second-order valence-corrected chi connectivity index (χ2v) is 7.49. The molecule has 1 aliphatic carbocycles. The highest BCUT2D eigenvalue weighted by molar-refractivity contribution is 7.90. The lowest BCUT2D eigenvalue weighted by molar-refractivity contribution is -0.119. The maximum Gasteiger partial charge on any atom is 0.264 e. The summed E-state index contributed by atoms with van der Waals surface area (Å²) in [6.07, 6.45) is 1.91. The molecule has 24 heavy (non-hydrogen) atoms. The largest absolute Gasteiger partial charge is 0.274 e. The first-order valence-electron chi connectivity index (χ1n) is 7.63. The Bertz CT molecular complexity index is 912. The molecule has 0 heterocycles. The van der Waals surface area contributed by atoms with Crippen LogP contribution in [0.4, 0.5) is 0 Å². The molecule has 2 aromatic rings. The molecule has 0 spiro atoms. The van der Waals surface area contributed by atoms with E-state index in [1.54, 1.807) is 0 Å². The van der Waals surface area contributed by atoms with Gasteiger partial charge in [-0.25, -0.2) is 13.1 Å². The molecule has 1 N–H and O–H groups in total. The third-order valence-electron chi connectivity index (χ3n) is 4.23. The summed E-state index contributed by atoms with van der Waals surface area (Å²) in [7, 11) is -3.91. The Morgan fingerprint density at radius 2 is 1.88 bits per heavy atom. The fourth-order valence-corrected chi connectivity index (χ4v) is 4.04. The van der Waals surface area contributed by atoms with Crippen LogP contribution in [0.5, 0.6) is 0 Å². The molecule has 0 saturated carbocycles. The number of aryl methyl sites for hydroxylation is 1. The molecule has 3 rings (SSSR count). The third kappa shape index (κ3) is 3.31. The number of sulfonamides is 1. The molecule has 0 aromatic heterocycles. The minimum Gasteiger partial charge on any atom is -0.274 e. The molecule has 0 fully saturated rings. The van der Waals surface area contributed by atoms with Crippen molar-refractivity contribution < 1.29 is 13.2 Å². The molecule has 122 valence electrons. The Morgan fingerprint density at radius 3 is 2.58 bits per heavy atom. The Kier molecular flexibility index (Phi) is 4.36. The number of hydrogen-bond donors (Lipinski definition) is 1. The normalized spacial score (nSPS) is 16.2. The molecular weight excluding hydrogens is 324 g/mol. The quantitative estimate of drug-likeness (QED) is 0.926. The predicted molar refractivity (Wildman–Crippen MR) is 88.6 cm³/mol. The Labute approximate surface area is 141 Å². The number of nitrogens with one attached hydrogen (secondary N) is 1. The van der Waals surface area contributed by atoms with Crippen molar-refractivity contribution in [1.29, 1.82) is 5.26 Å². The molecule has 1 amide bonds. The van der Waals surface area contributed by atoms with Gasteiger partial charge in [-0.15, -0.1) is 0 Å². The average molecular weight is 340 g/mol. The Hall–Kier alpha value is -2.65. The van der Waals surface area contributed by atoms with Gasteiger partial charge in [0.25, 0.3) is 10.0 Å². The van der Waals surface area contributed by atoms with Crippen LogP contribution in [0.1, 0.15) is 35.4 Å². The van der Waals surface area contributed by atoms with Gasteiger partial charge < -0.3 is 0 Å². The number of nitriles is 1. The molecule has 0 saturated heterocycles. The minimum absolute atomic E-state index is 0.0262. The van der Waals surface area contributed by atoms with Crippen molar-refractivity contribution in [2.75, 3.05) is 0 Å². The maximum atomic E-state index is 12.2. The molecule has 0 aliphatic heterocycles. The van der Waals surface area contributed by atoms with E-state index in [9.17, 15) is 13.2 Å². The number of rotatable bonds is 4. The summed E-state index contributed by atoms with van der Waals surface area (Å²) >= 11 is 0. The summed E-state index contributed by atoms with van der Waals surface area (Å²) in [5, 5.41) is 8.75. The standard InChI is InChI=1S/C18H16N2O3S/c19-12-13-5-9-16(10-6-13)24(22,23)20-18(21)11-15-8-7-14-3-1-2-4-17(14)15/h1-6,9-10,15H,7-8,11H2,(H,20,21)/t15-/m0/s1. The fourth-order valence-electron chi connectivity index (χ4n) is 3.04. The predicted octanol–water partition coefficient (Wildman–Crippen LogP) is 2.48. The molecular formula is C18H16N2O3S. The highest BCUT2D eigenvalue weighted by Gasteiger charge is 2.26. The Balaban J connectivity index is 1.69. The lowest BCUT2D eigenvalue weighted by atomic mass is 9.98. The molecule has 1 aliphatic rings. The molecule has 0 unspecified atom stereocenters. The second-order valence-electron chi connectivity index (χ2n) is 5.80. The first-order valence-corrected chi connectivity index (χ1v) is 9.11. The zero-order valence-electron chi connectivity index (χ0n) is 12.9. The van der Waals surface area contributed by atoms with Crippen LogP contribution >= 0.6 is 0 Å². The molecule has 1 atom stereocenters. The van der Waals surface area contributed by atoms with Crippen LogP contribution in [0.2, 0.25) is 0 Å². The van der Waals surface area contributed by atoms with Crippen molar-refractivity contribution in [3.8, 4) is 6.07 Å². The average Bonchev–Trinajstić information content (AvgIpc) is 2.97. The van der Waals surface area contributed by atoms with Crippen molar-refractivity contribution >= 4 is 15.9 Å². The van der Waals surface area contributed by atoms with E-state index in [1.165, 1.54) is 29.8 Å². The van der Waals surface area contributed by atoms with E-state index in [0.717, 1.165) is 18.4 Å². The molecule has 0 bridgehead atoms. The van der Waals surface area contributed by atoms with Gasteiger partial charge in [0.15, 0.2) is 0 Å². The van der Waals surface area contributed by atoms with Gasteiger partial charge in [0, 0.05) is 6.42 Å². The van der Waals surface area contributed by atoms with E-state index in [4.69, 9.17) is 5.26 Å². The highest BCUT2D eigenvalue weighted by atomic mass is 32.2. The number of hydrogen-bond acceptors (Lipinski definition) is 4. The minimum atomic E-state index is -3.91. The number of carbonyl (C=O) groups is 1. The number of nitrogens with zero attached hydrogens (tertiary/aromatic N) is 1. The highest BCUT2D eigenvalue weighted by Crippen LogP contribution is 2.35.